The standard InChI is InChI=1S/C25H26N4O3/c30-23(26-13-6-14-28-16-27-21-9-4-5-10-22(21)28)17-11-12-19-20(15-17)25(32)29(24(19)31)18-7-2-1-3-8-18/h4-5,9-12,15-16,18H,1-3,6-8,13-14H2,(H,26,30). The van der Waals surface area contributed by atoms with Gasteiger partial charge in [0.05, 0.1) is 28.5 Å². The molecule has 2 aromatic carbocycles. The molecule has 0 spiro atoms. The Bertz CT molecular complexity index is 1190. The van der Waals surface area contributed by atoms with Crippen LogP contribution in [0.4, 0.5) is 0 Å². The number of rotatable bonds is 6. The number of hydrogen-bond acceptors (Lipinski definition) is 4. The summed E-state index contributed by atoms with van der Waals surface area (Å²) in [6.07, 6.45) is 7.54. The summed E-state index contributed by atoms with van der Waals surface area (Å²) in [5.74, 6) is -0.727. The Hall–Kier alpha value is -3.48. The van der Waals surface area contributed by atoms with Gasteiger partial charge in [-0.05, 0) is 49.6 Å². The zero-order valence-corrected chi connectivity index (χ0v) is 17.9. The van der Waals surface area contributed by atoms with Gasteiger partial charge < -0.3 is 9.88 Å². The molecule has 0 saturated heterocycles. The van der Waals surface area contributed by atoms with Gasteiger partial charge >= 0.3 is 0 Å². The van der Waals surface area contributed by atoms with Crippen molar-refractivity contribution < 1.29 is 14.4 Å². The molecule has 164 valence electrons. The van der Waals surface area contributed by atoms with Gasteiger partial charge in [-0.15, -0.1) is 0 Å². The summed E-state index contributed by atoms with van der Waals surface area (Å²) in [6.45, 7) is 1.25. The van der Waals surface area contributed by atoms with Crippen LogP contribution < -0.4 is 5.32 Å². The molecule has 1 saturated carbocycles. The molecule has 2 heterocycles. The predicted octanol–water partition coefficient (Wildman–Crippen LogP) is 3.79. The summed E-state index contributed by atoms with van der Waals surface area (Å²) in [7, 11) is 0. The van der Waals surface area contributed by atoms with Crippen LogP contribution in [0.25, 0.3) is 11.0 Å². The molecule has 3 aromatic rings. The van der Waals surface area contributed by atoms with E-state index in [0.717, 1.165) is 56.1 Å². The van der Waals surface area contributed by atoms with Crippen LogP contribution in [0.3, 0.4) is 0 Å². The first-order valence-corrected chi connectivity index (χ1v) is 11.3. The number of carbonyl (C=O) groups is 3. The van der Waals surface area contributed by atoms with Crippen molar-refractivity contribution in [2.45, 2.75) is 51.1 Å². The fraction of sp³-hybridized carbons (Fsp3) is 0.360. The molecule has 0 atom stereocenters. The Morgan fingerprint density at radius 1 is 1.00 bits per heavy atom. The normalized spacial score (nSPS) is 16.6. The highest BCUT2D eigenvalue weighted by Gasteiger charge is 2.40. The van der Waals surface area contributed by atoms with Crippen molar-refractivity contribution in [3.63, 3.8) is 0 Å². The molecule has 0 radical (unpaired) electrons. The highest BCUT2D eigenvalue weighted by Crippen LogP contribution is 2.31. The highest BCUT2D eigenvalue weighted by molar-refractivity contribution is 6.22. The van der Waals surface area contributed by atoms with E-state index in [4.69, 9.17) is 0 Å². The van der Waals surface area contributed by atoms with Gasteiger partial charge in [-0.3, -0.25) is 19.3 Å². The minimum atomic E-state index is -0.265. The summed E-state index contributed by atoms with van der Waals surface area (Å²) in [5, 5.41) is 2.92. The molecule has 1 aromatic heterocycles. The lowest BCUT2D eigenvalue weighted by molar-refractivity contribution is 0.0548. The molecule has 1 aliphatic heterocycles. The highest BCUT2D eigenvalue weighted by atomic mass is 16.2. The van der Waals surface area contributed by atoms with E-state index >= 15 is 0 Å². The van der Waals surface area contributed by atoms with Gasteiger partial charge in [0, 0.05) is 24.7 Å². The number of amides is 3. The summed E-state index contributed by atoms with van der Waals surface area (Å²) in [5.41, 5.74) is 3.19. The lowest BCUT2D eigenvalue weighted by atomic mass is 9.94. The van der Waals surface area contributed by atoms with Gasteiger partial charge in [0.2, 0.25) is 0 Å². The minimum Gasteiger partial charge on any atom is -0.352 e. The predicted molar refractivity (Wildman–Crippen MR) is 120 cm³/mol. The molecular formula is C25H26N4O3. The van der Waals surface area contributed by atoms with E-state index in [0.29, 0.717) is 23.2 Å². The van der Waals surface area contributed by atoms with Crippen molar-refractivity contribution in [2.24, 2.45) is 0 Å². The largest absolute Gasteiger partial charge is 0.352 e. The zero-order chi connectivity index (χ0) is 22.1. The van der Waals surface area contributed by atoms with Gasteiger partial charge in [0.15, 0.2) is 0 Å². The number of hydrogen-bond donors (Lipinski definition) is 1. The van der Waals surface area contributed by atoms with Gasteiger partial charge in [-0.25, -0.2) is 4.98 Å². The van der Waals surface area contributed by atoms with Crippen LogP contribution in [0.5, 0.6) is 0 Å². The number of para-hydroxylation sites is 2. The molecule has 7 heteroatoms. The van der Waals surface area contributed by atoms with E-state index in [2.05, 4.69) is 14.9 Å². The van der Waals surface area contributed by atoms with Gasteiger partial charge in [-0.1, -0.05) is 31.4 Å². The van der Waals surface area contributed by atoms with Crippen LogP contribution in [-0.2, 0) is 6.54 Å². The molecule has 32 heavy (non-hydrogen) atoms. The molecule has 0 unspecified atom stereocenters. The summed E-state index contributed by atoms with van der Waals surface area (Å²) in [4.78, 5) is 44.2. The SMILES string of the molecule is O=C(NCCCn1cnc2ccccc21)c1ccc2c(c1)C(=O)N(C1CCCCC1)C2=O. The van der Waals surface area contributed by atoms with Crippen molar-refractivity contribution in [3.05, 3.63) is 65.5 Å². The fourth-order valence-electron chi connectivity index (χ4n) is 4.81. The lowest BCUT2D eigenvalue weighted by Crippen LogP contribution is -2.40. The van der Waals surface area contributed by atoms with Crippen LogP contribution in [0.2, 0.25) is 0 Å². The Kier molecular flexibility index (Phi) is 5.47. The minimum absolute atomic E-state index is 0.0207. The summed E-state index contributed by atoms with van der Waals surface area (Å²) >= 11 is 0. The van der Waals surface area contributed by atoms with Crippen LogP contribution in [0, 0.1) is 0 Å². The average molecular weight is 431 g/mol. The average Bonchev–Trinajstić information content (AvgIpc) is 3.35. The monoisotopic (exact) mass is 430 g/mol. The van der Waals surface area contributed by atoms with E-state index in [9.17, 15) is 14.4 Å². The Morgan fingerprint density at radius 2 is 1.78 bits per heavy atom. The third-order valence-electron chi connectivity index (χ3n) is 6.51. The first-order chi connectivity index (χ1) is 15.6. The third-order valence-corrected chi connectivity index (χ3v) is 6.51. The smallest absolute Gasteiger partial charge is 0.261 e. The molecule has 7 nitrogen and oxygen atoms in total. The lowest BCUT2D eigenvalue weighted by Gasteiger charge is -2.29. The number of carbonyl (C=O) groups excluding carboxylic acids is 3. The molecule has 0 bridgehead atoms. The number of aryl methyl sites for hydroxylation is 1. The van der Waals surface area contributed by atoms with Gasteiger partial charge in [-0.2, -0.15) is 0 Å². The quantitative estimate of drug-likeness (QED) is 0.476. The first-order valence-electron chi connectivity index (χ1n) is 11.3. The molecule has 1 fully saturated rings. The molecule has 3 amide bonds. The maximum absolute atomic E-state index is 12.9. The first kappa shape index (κ1) is 20.4. The van der Waals surface area contributed by atoms with Gasteiger partial charge in [0.25, 0.3) is 17.7 Å². The fourth-order valence-corrected chi connectivity index (χ4v) is 4.81. The van der Waals surface area contributed by atoms with E-state index in [-0.39, 0.29) is 23.8 Å². The van der Waals surface area contributed by atoms with E-state index in [1.807, 2.05) is 30.6 Å². The van der Waals surface area contributed by atoms with Crippen molar-refractivity contribution >= 4 is 28.8 Å². The number of nitrogens with zero attached hydrogens (tertiary/aromatic N) is 3. The molecular weight excluding hydrogens is 404 g/mol. The molecule has 1 N–H and O–H groups in total. The third kappa shape index (κ3) is 3.68. The summed E-state index contributed by atoms with van der Waals surface area (Å²) < 4.78 is 2.07. The molecule has 5 rings (SSSR count). The number of fused-ring (bicyclic) bond motifs is 2. The van der Waals surface area contributed by atoms with Gasteiger partial charge in [0.1, 0.15) is 0 Å². The number of aromatic nitrogens is 2. The van der Waals surface area contributed by atoms with Crippen LogP contribution in [-0.4, -0.2) is 44.8 Å². The maximum atomic E-state index is 12.9. The number of benzene rings is 2. The van der Waals surface area contributed by atoms with E-state index < -0.39 is 0 Å². The van der Waals surface area contributed by atoms with Crippen molar-refractivity contribution in [3.8, 4) is 0 Å². The van der Waals surface area contributed by atoms with Crippen molar-refractivity contribution in [1.29, 1.82) is 0 Å². The van der Waals surface area contributed by atoms with E-state index in [1.54, 1.807) is 18.2 Å². The Balaban J connectivity index is 1.21. The zero-order valence-electron chi connectivity index (χ0n) is 17.9. The second kappa shape index (κ2) is 8.57. The second-order valence-electron chi connectivity index (χ2n) is 8.57. The topological polar surface area (TPSA) is 84.3 Å². The van der Waals surface area contributed by atoms with Crippen molar-refractivity contribution in [1.82, 2.24) is 19.8 Å². The molecule has 2 aliphatic rings. The Morgan fingerprint density at radius 3 is 2.62 bits per heavy atom. The molecule has 1 aliphatic carbocycles. The Labute approximate surface area is 186 Å². The second-order valence-corrected chi connectivity index (χ2v) is 8.57. The number of imide groups is 1. The summed E-state index contributed by atoms with van der Waals surface area (Å²) in [6, 6.07) is 12.7. The van der Waals surface area contributed by atoms with E-state index in [1.165, 1.54) is 4.90 Å². The van der Waals surface area contributed by atoms with Crippen molar-refractivity contribution in [2.75, 3.05) is 6.54 Å². The van der Waals surface area contributed by atoms with Crippen LogP contribution in [0.15, 0.2) is 48.8 Å². The van der Waals surface area contributed by atoms with Crippen LogP contribution in [0.1, 0.15) is 69.6 Å². The van der Waals surface area contributed by atoms with Crippen LogP contribution >= 0.6 is 0 Å². The number of nitrogens with one attached hydrogen (secondary N) is 1. The maximum Gasteiger partial charge on any atom is 0.261 e. The number of imidazole rings is 1.